The van der Waals surface area contributed by atoms with Crippen LogP contribution in [0.25, 0.3) is 10.9 Å². The van der Waals surface area contributed by atoms with Gasteiger partial charge >= 0.3 is 0 Å². The quantitative estimate of drug-likeness (QED) is 0.300. The number of nitrogens with one attached hydrogen (secondary N) is 2. The van der Waals surface area contributed by atoms with Crippen LogP contribution >= 0.6 is 0 Å². The van der Waals surface area contributed by atoms with E-state index >= 15 is 0 Å². The maximum Gasteiger partial charge on any atom is 0.271 e. The molecule has 12 nitrogen and oxygen atoms in total. The maximum absolute atomic E-state index is 13.2. The molecule has 0 bridgehead atoms. The van der Waals surface area contributed by atoms with Gasteiger partial charge in [-0.05, 0) is 69.3 Å². The zero-order valence-electron chi connectivity index (χ0n) is 24.8. The molecule has 2 aliphatic rings. The lowest BCUT2D eigenvalue weighted by Gasteiger charge is -2.40. The number of hydrogen-bond donors (Lipinski definition) is 3. The number of carbonyl (C=O) groups is 2. The largest absolute Gasteiger partial charge is 0.369 e. The van der Waals surface area contributed by atoms with E-state index in [1.54, 1.807) is 17.1 Å². The van der Waals surface area contributed by atoms with Gasteiger partial charge in [0.05, 0.1) is 17.9 Å². The molecule has 0 spiro atoms. The fourth-order valence-electron chi connectivity index (χ4n) is 5.96. The summed E-state index contributed by atoms with van der Waals surface area (Å²) in [5.41, 5.74) is 9.26. The molecule has 224 valence electrons. The Morgan fingerprint density at radius 2 is 1.74 bits per heavy atom. The predicted octanol–water partition coefficient (Wildman–Crippen LogP) is 2.74. The molecule has 2 aromatic heterocycles. The summed E-state index contributed by atoms with van der Waals surface area (Å²) in [7, 11) is 4.02. The summed E-state index contributed by atoms with van der Waals surface area (Å²) in [6, 6.07) is 13.6. The molecular weight excluding hydrogens is 544 g/mol. The molecule has 2 aliphatic heterocycles. The summed E-state index contributed by atoms with van der Waals surface area (Å²) in [5, 5.41) is 11.7. The Morgan fingerprint density at radius 3 is 2.49 bits per heavy atom. The van der Waals surface area contributed by atoms with Crippen molar-refractivity contribution in [3.63, 3.8) is 0 Å². The summed E-state index contributed by atoms with van der Waals surface area (Å²) in [4.78, 5) is 41.5. The van der Waals surface area contributed by atoms with Crippen LogP contribution in [-0.4, -0.2) is 88.3 Å². The molecule has 4 N–H and O–H groups in total. The minimum atomic E-state index is -0.655. The van der Waals surface area contributed by atoms with Crippen molar-refractivity contribution in [2.75, 3.05) is 54.9 Å². The van der Waals surface area contributed by atoms with E-state index < -0.39 is 5.91 Å². The summed E-state index contributed by atoms with van der Waals surface area (Å²) >= 11 is 0. The molecule has 0 saturated carbocycles. The van der Waals surface area contributed by atoms with Crippen LogP contribution in [0.4, 0.5) is 23.0 Å². The van der Waals surface area contributed by atoms with E-state index in [0.29, 0.717) is 17.2 Å². The van der Waals surface area contributed by atoms with Gasteiger partial charge in [-0.15, -0.1) is 0 Å². The number of aryl methyl sites for hydroxylation is 1. The van der Waals surface area contributed by atoms with Crippen LogP contribution in [0, 0.1) is 0 Å². The Kier molecular flexibility index (Phi) is 7.85. The molecule has 2 fully saturated rings. The van der Waals surface area contributed by atoms with Crippen molar-refractivity contribution in [2.24, 2.45) is 12.8 Å². The average molecular weight is 583 g/mol. The Labute approximate surface area is 250 Å². The van der Waals surface area contributed by atoms with Crippen LogP contribution in [0.2, 0.25) is 0 Å². The van der Waals surface area contributed by atoms with Gasteiger partial charge in [-0.3, -0.25) is 14.3 Å². The molecule has 2 aromatic carbocycles. The number of rotatable bonds is 7. The van der Waals surface area contributed by atoms with Crippen LogP contribution in [0.15, 0.2) is 54.9 Å². The lowest BCUT2D eigenvalue weighted by Crippen LogP contribution is -2.54. The van der Waals surface area contributed by atoms with Crippen molar-refractivity contribution in [3.8, 4) is 0 Å². The maximum atomic E-state index is 13.2. The van der Waals surface area contributed by atoms with E-state index in [1.807, 2.05) is 37.4 Å². The molecule has 2 atom stereocenters. The van der Waals surface area contributed by atoms with Gasteiger partial charge < -0.3 is 31.1 Å². The normalized spacial score (nSPS) is 19.4. The molecule has 2 amide bonds. The predicted molar refractivity (Wildman–Crippen MR) is 168 cm³/mol. The van der Waals surface area contributed by atoms with Gasteiger partial charge in [0.1, 0.15) is 5.82 Å². The average Bonchev–Trinajstić information content (AvgIpc) is 3.38. The highest BCUT2D eigenvalue weighted by atomic mass is 16.2. The number of amides is 2. The third-order valence-electron chi connectivity index (χ3n) is 8.60. The highest BCUT2D eigenvalue weighted by Crippen LogP contribution is 2.28. The van der Waals surface area contributed by atoms with E-state index in [1.165, 1.54) is 0 Å². The fraction of sp³-hybridized carbons (Fsp3) is 0.387. The molecule has 6 rings (SSSR count). The van der Waals surface area contributed by atoms with Gasteiger partial charge in [0.15, 0.2) is 11.5 Å². The van der Waals surface area contributed by atoms with Crippen LogP contribution in [0.3, 0.4) is 0 Å². The van der Waals surface area contributed by atoms with Crippen LogP contribution in [0.5, 0.6) is 0 Å². The minimum absolute atomic E-state index is 0.0516. The SMILES string of the molecule is C[C@@H]1[C@H](NC(=O)c2ccc3c(cnn3C)c2)CCCN1c1cnc(C(N)=O)c(Nc2ccc(N3CCN(C)CC3)cc2)n1. The monoisotopic (exact) mass is 582 g/mol. The molecule has 12 heteroatoms. The van der Waals surface area contributed by atoms with E-state index in [2.05, 4.69) is 61.5 Å². The van der Waals surface area contributed by atoms with Crippen molar-refractivity contribution >= 4 is 45.7 Å². The highest BCUT2D eigenvalue weighted by molar-refractivity contribution is 5.98. The van der Waals surface area contributed by atoms with Gasteiger partial charge in [0.2, 0.25) is 0 Å². The molecule has 0 unspecified atom stereocenters. The van der Waals surface area contributed by atoms with Gasteiger partial charge in [0, 0.05) is 74.2 Å². The summed E-state index contributed by atoms with van der Waals surface area (Å²) in [5.74, 6) is 0.144. The van der Waals surface area contributed by atoms with Gasteiger partial charge in [-0.2, -0.15) is 5.10 Å². The standard InChI is InChI=1S/C31H38N10O2/c1-20-25(36-31(43)21-6-11-26-22(17-21)18-34-39(26)3)5-4-12-41(20)27-19-33-28(29(32)42)30(37-27)35-23-7-9-24(10-8-23)40-15-13-38(2)14-16-40/h6-11,17-20,25H,4-5,12-16H2,1-3H3,(H2,32,42)(H,35,37)(H,36,43)/t20-,25-/m1/s1. The number of piperidine rings is 1. The number of fused-ring (bicyclic) bond motifs is 1. The van der Waals surface area contributed by atoms with Crippen molar-refractivity contribution in [2.45, 2.75) is 31.8 Å². The van der Waals surface area contributed by atoms with Gasteiger partial charge in [-0.1, -0.05) is 0 Å². The van der Waals surface area contributed by atoms with E-state index in [9.17, 15) is 9.59 Å². The number of nitrogens with two attached hydrogens (primary N) is 1. The Bertz CT molecular complexity index is 1630. The second kappa shape index (κ2) is 11.9. The van der Waals surface area contributed by atoms with E-state index in [4.69, 9.17) is 10.7 Å². The second-order valence-electron chi connectivity index (χ2n) is 11.4. The molecular formula is C31H38N10O2. The topological polar surface area (TPSA) is 138 Å². The number of likely N-dealkylation sites (N-methyl/N-ethyl adjacent to an activating group) is 1. The first-order valence-electron chi connectivity index (χ1n) is 14.7. The number of primary amides is 1. The van der Waals surface area contributed by atoms with Crippen molar-refractivity contribution in [1.82, 2.24) is 30.0 Å². The first-order chi connectivity index (χ1) is 20.8. The Hall–Kier alpha value is -4.71. The molecule has 0 aliphatic carbocycles. The van der Waals surface area contributed by atoms with Crippen molar-refractivity contribution in [3.05, 3.63) is 66.1 Å². The lowest BCUT2D eigenvalue weighted by molar-refractivity contribution is 0.0923. The number of nitrogens with zero attached hydrogens (tertiary/aromatic N) is 7. The summed E-state index contributed by atoms with van der Waals surface area (Å²) < 4.78 is 1.79. The number of carbonyl (C=O) groups excluding carboxylic acids is 2. The third kappa shape index (κ3) is 5.96. The third-order valence-corrected chi connectivity index (χ3v) is 8.60. The second-order valence-corrected chi connectivity index (χ2v) is 11.4. The molecule has 4 aromatic rings. The number of benzene rings is 2. The molecule has 2 saturated heterocycles. The number of hydrogen-bond acceptors (Lipinski definition) is 9. The smallest absolute Gasteiger partial charge is 0.271 e. The van der Waals surface area contributed by atoms with Gasteiger partial charge in [0.25, 0.3) is 11.8 Å². The number of aromatic nitrogens is 4. The van der Waals surface area contributed by atoms with E-state index in [0.717, 1.165) is 67.8 Å². The number of anilines is 4. The molecule has 0 radical (unpaired) electrons. The van der Waals surface area contributed by atoms with Crippen molar-refractivity contribution < 1.29 is 9.59 Å². The zero-order chi connectivity index (χ0) is 30.1. The van der Waals surface area contributed by atoms with Crippen LogP contribution < -0.4 is 26.2 Å². The van der Waals surface area contributed by atoms with Crippen LogP contribution in [0.1, 0.15) is 40.6 Å². The van der Waals surface area contributed by atoms with Crippen molar-refractivity contribution in [1.29, 1.82) is 0 Å². The minimum Gasteiger partial charge on any atom is -0.369 e. The fourth-order valence-corrected chi connectivity index (χ4v) is 5.96. The highest BCUT2D eigenvalue weighted by Gasteiger charge is 2.31. The summed E-state index contributed by atoms with van der Waals surface area (Å²) in [6.07, 6.45) is 5.06. The number of piperazine rings is 1. The first-order valence-corrected chi connectivity index (χ1v) is 14.7. The Balaban J connectivity index is 1.17. The first kappa shape index (κ1) is 28.4. The zero-order valence-corrected chi connectivity index (χ0v) is 24.8. The van der Waals surface area contributed by atoms with E-state index in [-0.39, 0.29) is 23.7 Å². The summed E-state index contributed by atoms with van der Waals surface area (Å²) in [6.45, 7) is 6.85. The molecule has 4 heterocycles. The molecule has 43 heavy (non-hydrogen) atoms. The lowest BCUT2D eigenvalue weighted by atomic mass is 9.97. The van der Waals surface area contributed by atoms with Gasteiger partial charge in [-0.25, -0.2) is 9.97 Å². The Morgan fingerprint density at radius 1 is 0.977 bits per heavy atom. The van der Waals surface area contributed by atoms with Crippen LogP contribution in [-0.2, 0) is 7.05 Å².